The fourth-order valence-electron chi connectivity index (χ4n) is 1.28. The van der Waals surface area contributed by atoms with Gasteiger partial charge in [0.1, 0.15) is 0 Å². The van der Waals surface area contributed by atoms with Gasteiger partial charge in [-0.15, -0.1) is 0 Å². The van der Waals surface area contributed by atoms with Gasteiger partial charge in [-0.05, 0) is 0 Å². The maximum absolute atomic E-state index is 13.3. The summed E-state index contributed by atoms with van der Waals surface area (Å²) in [5.41, 5.74) is 5.22. The molecule has 0 saturated heterocycles. The summed E-state index contributed by atoms with van der Waals surface area (Å²) in [7, 11) is 1.53. The molecule has 4 N–H and O–H groups in total. The molecule has 0 radical (unpaired) electrons. The number of hydrogen-bond donors (Lipinski definition) is 3. The third-order valence-electron chi connectivity index (χ3n) is 2.23. The van der Waals surface area contributed by atoms with Gasteiger partial charge in [-0.3, -0.25) is 4.79 Å². The lowest BCUT2D eigenvalue weighted by Gasteiger charge is -2.08. The number of anilines is 2. The van der Waals surface area contributed by atoms with Gasteiger partial charge in [-0.1, -0.05) is 0 Å². The number of carbonyl (C=O) groups is 1. The second kappa shape index (κ2) is 7.47. The van der Waals surface area contributed by atoms with Crippen molar-refractivity contribution in [2.75, 3.05) is 37.9 Å². The SMILES string of the molecule is COCCNC(=O)CCNc1nc(N)c(F)cc1F. The van der Waals surface area contributed by atoms with E-state index in [2.05, 4.69) is 15.6 Å². The van der Waals surface area contributed by atoms with Crippen molar-refractivity contribution >= 4 is 17.5 Å². The van der Waals surface area contributed by atoms with Gasteiger partial charge < -0.3 is 21.1 Å². The Balaban J connectivity index is 2.37. The van der Waals surface area contributed by atoms with E-state index in [1.165, 1.54) is 7.11 Å². The molecule has 1 rings (SSSR count). The minimum atomic E-state index is -0.916. The van der Waals surface area contributed by atoms with Crippen LogP contribution < -0.4 is 16.4 Å². The summed E-state index contributed by atoms with van der Waals surface area (Å²) in [5.74, 6) is -2.55. The van der Waals surface area contributed by atoms with Gasteiger partial charge in [0.05, 0.1) is 6.61 Å². The Morgan fingerprint density at radius 2 is 2.16 bits per heavy atom. The van der Waals surface area contributed by atoms with Crippen LogP contribution in [-0.4, -0.2) is 37.7 Å². The zero-order valence-corrected chi connectivity index (χ0v) is 10.5. The van der Waals surface area contributed by atoms with Crippen LogP contribution in [0.5, 0.6) is 0 Å². The Labute approximate surface area is 109 Å². The fraction of sp³-hybridized carbons (Fsp3) is 0.455. The fourth-order valence-corrected chi connectivity index (χ4v) is 1.28. The van der Waals surface area contributed by atoms with E-state index in [4.69, 9.17) is 10.5 Å². The summed E-state index contributed by atoms with van der Waals surface area (Å²) in [6.45, 7) is 0.989. The molecule has 8 heteroatoms. The van der Waals surface area contributed by atoms with Gasteiger partial charge in [-0.25, -0.2) is 13.8 Å². The van der Waals surface area contributed by atoms with Crippen LogP contribution in [0.4, 0.5) is 20.4 Å². The van der Waals surface area contributed by atoms with Gasteiger partial charge in [0.15, 0.2) is 23.3 Å². The number of nitrogens with two attached hydrogens (primary N) is 1. The van der Waals surface area contributed by atoms with E-state index in [9.17, 15) is 13.6 Å². The number of nitrogen functional groups attached to an aromatic ring is 1. The van der Waals surface area contributed by atoms with Crippen molar-refractivity contribution in [2.24, 2.45) is 0 Å². The molecule has 0 aliphatic rings. The molecule has 0 fully saturated rings. The molecule has 0 saturated carbocycles. The summed E-state index contributed by atoms with van der Waals surface area (Å²) >= 11 is 0. The van der Waals surface area contributed by atoms with Gasteiger partial charge >= 0.3 is 0 Å². The summed E-state index contributed by atoms with van der Waals surface area (Å²) < 4.78 is 30.9. The maximum Gasteiger partial charge on any atom is 0.221 e. The molecular formula is C11H16F2N4O2. The van der Waals surface area contributed by atoms with Crippen LogP contribution in [-0.2, 0) is 9.53 Å². The van der Waals surface area contributed by atoms with E-state index in [1.807, 2.05) is 0 Å². The highest BCUT2D eigenvalue weighted by molar-refractivity contribution is 5.76. The zero-order valence-electron chi connectivity index (χ0n) is 10.5. The van der Waals surface area contributed by atoms with E-state index < -0.39 is 17.5 Å². The number of methoxy groups -OCH3 is 1. The summed E-state index contributed by atoms with van der Waals surface area (Å²) in [6, 6.07) is 0.642. The first kappa shape index (κ1) is 15.1. The number of nitrogens with one attached hydrogen (secondary N) is 2. The highest BCUT2D eigenvalue weighted by Crippen LogP contribution is 2.16. The number of carbonyl (C=O) groups excluding carboxylic acids is 1. The standard InChI is InChI=1S/C11H16F2N4O2/c1-19-5-4-15-9(18)2-3-16-11-8(13)6-7(12)10(14)17-11/h6H,2-5H2,1H3,(H,15,18)(H3,14,16,17). The minimum absolute atomic E-state index is 0.127. The second-order valence-electron chi connectivity index (χ2n) is 3.71. The summed E-state index contributed by atoms with van der Waals surface area (Å²) in [4.78, 5) is 14.8. The largest absolute Gasteiger partial charge is 0.383 e. The van der Waals surface area contributed by atoms with Crippen molar-refractivity contribution in [1.29, 1.82) is 0 Å². The smallest absolute Gasteiger partial charge is 0.221 e. The van der Waals surface area contributed by atoms with Crippen molar-refractivity contribution in [1.82, 2.24) is 10.3 Å². The second-order valence-corrected chi connectivity index (χ2v) is 3.71. The van der Waals surface area contributed by atoms with Crippen LogP contribution in [0.1, 0.15) is 6.42 Å². The first-order chi connectivity index (χ1) is 9.04. The van der Waals surface area contributed by atoms with Gasteiger partial charge in [0.25, 0.3) is 0 Å². The van der Waals surface area contributed by atoms with Crippen LogP contribution in [0.25, 0.3) is 0 Å². The number of rotatable bonds is 7. The Kier molecular flexibility index (Phi) is 5.94. The monoisotopic (exact) mass is 274 g/mol. The first-order valence-electron chi connectivity index (χ1n) is 5.65. The molecule has 0 bridgehead atoms. The van der Waals surface area contributed by atoms with Crippen molar-refractivity contribution < 1.29 is 18.3 Å². The lowest BCUT2D eigenvalue weighted by atomic mass is 10.3. The number of pyridine rings is 1. The molecule has 0 unspecified atom stereocenters. The molecule has 0 spiro atoms. The predicted octanol–water partition coefficient (Wildman–Crippen LogP) is 0.507. The Bertz CT molecular complexity index is 443. The highest BCUT2D eigenvalue weighted by atomic mass is 19.1. The van der Waals surface area contributed by atoms with Crippen LogP contribution in [0.2, 0.25) is 0 Å². The zero-order chi connectivity index (χ0) is 14.3. The normalized spacial score (nSPS) is 10.3. The molecule has 1 heterocycles. The molecule has 1 aromatic rings. The quantitative estimate of drug-likeness (QED) is 0.630. The first-order valence-corrected chi connectivity index (χ1v) is 5.65. The molecule has 0 aliphatic heterocycles. The van der Waals surface area contributed by atoms with Crippen LogP contribution in [0.15, 0.2) is 6.07 Å². The molecule has 106 valence electrons. The van der Waals surface area contributed by atoms with Gasteiger partial charge in [-0.2, -0.15) is 0 Å². The molecular weight excluding hydrogens is 258 g/mol. The Hall–Kier alpha value is -1.96. The predicted molar refractivity (Wildman–Crippen MR) is 66.6 cm³/mol. The average molecular weight is 274 g/mol. The average Bonchev–Trinajstić information content (AvgIpc) is 2.36. The topological polar surface area (TPSA) is 89.3 Å². The molecule has 0 aromatic carbocycles. The van der Waals surface area contributed by atoms with Crippen molar-refractivity contribution in [3.63, 3.8) is 0 Å². The summed E-state index contributed by atoms with van der Waals surface area (Å²) in [5, 5.41) is 5.18. The van der Waals surface area contributed by atoms with Crippen LogP contribution in [0, 0.1) is 11.6 Å². The number of halogens is 2. The van der Waals surface area contributed by atoms with Crippen LogP contribution >= 0.6 is 0 Å². The molecule has 1 amide bonds. The lowest BCUT2D eigenvalue weighted by Crippen LogP contribution is -2.28. The molecule has 0 atom stereocenters. The highest BCUT2D eigenvalue weighted by Gasteiger charge is 2.09. The minimum Gasteiger partial charge on any atom is -0.383 e. The lowest BCUT2D eigenvalue weighted by molar-refractivity contribution is -0.121. The van der Waals surface area contributed by atoms with E-state index in [-0.39, 0.29) is 24.7 Å². The van der Waals surface area contributed by atoms with Gasteiger partial charge in [0.2, 0.25) is 5.91 Å². The molecule has 6 nitrogen and oxygen atoms in total. The van der Waals surface area contributed by atoms with Crippen molar-refractivity contribution in [2.45, 2.75) is 6.42 Å². The molecule has 1 aromatic heterocycles. The maximum atomic E-state index is 13.3. The van der Waals surface area contributed by atoms with E-state index >= 15 is 0 Å². The van der Waals surface area contributed by atoms with Gasteiger partial charge in [0, 0.05) is 32.7 Å². The van der Waals surface area contributed by atoms with E-state index in [0.717, 1.165) is 0 Å². The van der Waals surface area contributed by atoms with Crippen molar-refractivity contribution in [3.8, 4) is 0 Å². The van der Waals surface area contributed by atoms with E-state index in [0.29, 0.717) is 19.2 Å². The number of aromatic nitrogens is 1. The van der Waals surface area contributed by atoms with Crippen molar-refractivity contribution in [3.05, 3.63) is 17.7 Å². The third-order valence-corrected chi connectivity index (χ3v) is 2.23. The molecule has 19 heavy (non-hydrogen) atoms. The van der Waals surface area contributed by atoms with Crippen LogP contribution in [0.3, 0.4) is 0 Å². The molecule has 0 aliphatic carbocycles. The Morgan fingerprint density at radius 1 is 1.42 bits per heavy atom. The Morgan fingerprint density at radius 3 is 2.84 bits per heavy atom. The number of amides is 1. The number of ether oxygens (including phenoxy) is 1. The van der Waals surface area contributed by atoms with E-state index in [1.54, 1.807) is 0 Å². The third kappa shape index (κ3) is 5.04. The number of nitrogens with zero attached hydrogens (tertiary/aromatic N) is 1. The summed E-state index contributed by atoms with van der Waals surface area (Å²) in [6.07, 6.45) is 0.127. The number of hydrogen-bond acceptors (Lipinski definition) is 5.